The van der Waals surface area contributed by atoms with Crippen LogP contribution in [0.25, 0.3) is 0 Å². The van der Waals surface area contributed by atoms with Crippen molar-refractivity contribution < 1.29 is 19.1 Å². The lowest BCUT2D eigenvalue weighted by Crippen LogP contribution is -2.38. The smallest absolute Gasteiger partial charge is 0.244 e. The third-order valence-electron chi connectivity index (χ3n) is 5.29. The largest absolute Gasteiger partial charge is 0.489 e. The molecule has 3 amide bonds. The fourth-order valence-electron chi connectivity index (χ4n) is 3.74. The minimum Gasteiger partial charge on any atom is -0.489 e. The number of fused-ring (bicyclic) bond motifs is 1. The molecule has 4 rings (SSSR count). The molecule has 0 unspecified atom stereocenters. The van der Waals surface area contributed by atoms with Gasteiger partial charge in [-0.05, 0) is 42.7 Å². The van der Waals surface area contributed by atoms with Crippen molar-refractivity contribution in [2.45, 2.75) is 19.4 Å². The van der Waals surface area contributed by atoms with Crippen molar-refractivity contribution in [2.24, 2.45) is 11.8 Å². The van der Waals surface area contributed by atoms with Crippen LogP contribution in [0.5, 0.6) is 5.75 Å². The van der Waals surface area contributed by atoms with Gasteiger partial charge in [-0.25, -0.2) is 0 Å². The van der Waals surface area contributed by atoms with Crippen molar-refractivity contribution in [3.05, 3.63) is 72.3 Å². The maximum absolute atomic E-state index is 12.4. The van der Waals surface area contributed by atoms with Crippen LogP contribution in [0.15, 0.2) is 66.7 Å². The molecule has 1 aliphatic carbocycles. The van der Waals surface area contributed by atoms with Gasteiger partial charge >= 0.3 is 0 Å². The molecule has 2 aliphatic rings. The Balaban J connectivity index is 1.31. The summed E-state index contributed by atoms with van der Waals surface area (Å²) in [7, 11) is 0. The zero-order valence-electron chi connectivity index (χ0n) is 15.9. The Morgan fingerprint density at radius 3 is 2.17 bits per heavy atom. The predicted octanol–water partition coefficient (Wildman–Crippen LogP) is 3.16. The Morgan fingerprint density at radius 1 is 0.931 bits per heavy atom. The maximum atomic E-state index is 12.4. The number of benzene rings is 2. The number of rotatable bonds is 6. The molecule has 1 heterocycles. The second-order valence-corrected chi connectivity index (χ2v) is 7.27. The number of amides is 3. The number of likely N-dealkylation sites (tertiary alicyclic amines) is 1. The Morgan fingerprint density at radius 2 is 1.55 bits per heavy atom. The van der Waals surface area contributed by atoms with Gasteiger partial charge in [-0.2, -0.15) is 0 Å². The van der Waals surface area contributed by atoms with E-state index in [1.54, 1.807) is 24.3 Å². The normalized spacial score (nSPS) is 20.5. The van der Waals surface area contributed by atoms with E-state index >= 15 is 0 Å². The zero-order valence-corrected chi connectivity index (χ0v) is 15.9. The van der Waals surface area contributed by atoms with Gasteiger partial charge in [0.1, 0.15) is 18.9 Å². The number of carbonyl (C=O) groups is 3. The summed E-state index contributed by atoms with van der Waals surface area (Å²) in [6.07, 6.45) is 4.99. The number of ether oxygens (including phenoxy) is 1. The summed E-state index contributed by atoms with van der Waals surface area (Å²) in [5.74, 6) is -0.833. The standard InChI is InChI=1S/C23H22N2O4/c26-21(14-25-22(27)19-8-4-5-9-20(19)23(25)28)24-17-10-12-18(13-11-17)29-15-16-6-2-1-3-7-16/h1-7,10-13,19-20H,8-9,14-15H2,(H,24,26)/t19-,20-/m0/s1. The van der Waals surface area contributed by atoms with Crippen LogP contribution in [0.3, 0.4) is 0 Å². The third-order valence-corrected chi connectivity index (χ3v) is 5.29. The Kier molecular flexibility index (Phi) is 5.42. The molecule has 29 heavy (non-hydrogen) atoms. The van der Waals surface area contributed by atoms with Gasteiger partial charge in [-0.15, -0.1) is 0 Å². The highest BCUT2D eigenvalue weighted by atomic mass is 16.5. The molecule has 1 saturated heterocycles. The summed E-state index contributed by atoms with van der Waals surface area (Å²) in [5.41, 5.74) is 1.65. The highest BCUT2D eigenvalue weighted by Crippen LogP contribution is 2.34. The average Bonchev–Trinajstić information content (AvgIpc) is 2.99. The minimum atomic E-state index is -0.392. The molecular weight excluding hydrogens is 368 g/mol. The van der Waals surface area contributed by atoms with Gasteiger partial charge in [0.2, 0.25) is 17.7 Å². The first-order valence-electron chi connectivity index (χ1n) is 9.68. The highest BCUT2D eigenvalue weighted by Gasteiger charge is 2.47. The second-order valence-electron chi connectivity index (χ2n) is 7.27. The summed E-state index contributed by atoms with van der Waals surface area (Å²) in [6, 6.07) is 16.8. The van der Waals surface area contributed by atoms with Crippen LogP contribution in [-0.2, 0) is 21.0 Å². The van der Waals surface area contributed by atoms with Gasteiger partial charge in [-0.3, -0.25) is 19.3 Å². The van der Waals surface area contributed by atoms with E-state index in [9.17, 15) is 14.4 Å². The van der Waals surface area contributed by atoms with Crippen molar-refractivity contribution in [1.29, 1.82) is 0 Å². The zero-order chi connectivity index (χ0) is 20.2. The van der Waals surface area contributed by atoms with Gasteiger partial charge in [0.05, 0.1) is 11.8 Å². The molecular formula is C23H22N2O4. The third kappa shape index (κ3) is 4.21. The number of hydrogen-bond donors (Lipinski definition) is 1. The van der Waals surface area contributed by atoms with E-state index in [0.29, 0.717) is 30.9 Å². The first-order chi connectivity index (χ1) is 14.1. The molecule has 0 spiro atoms. The number of nitrogens with one attached hydrogen (secondary N) is 1. The second kappa shape index (κ2) is 8.31. The Labute approximate surface area is 169 Å². The van der Waals surface area contributed by atoms with Gasteiger partial charge < -0.3 is 10.1 Å². The quantitative estimate of drug-likeness (QED) is 0.607. The summed E-state index contributed by atoms with van der Waals surface area (Å²) in [5, 5.41) is 2.74. The molecule has 0 bridgehead atoms. The SMILES string of the molecule is O=C(CN1C(=O)[C@H]2CC=CC[C@@H]2C1=O)Nc1ccc(OCc2ccccc2)cc1. The first-order valence-corrected chi connectivity index (χ1v) is 9.68. The van der Waals surface area contributed by atoms with Gasteiger partial charge in [0.25, 0.3) is 0 Å². The maximum Gasteiger partial charge on any atom is 0.244 e. The molecule has 1 N–H and O–H groups in total. The van der Waals surface area contributed by atoms with E-state index in [-0.39, 0.29) is 30.2 Å². The van der Waals surface area contributed by atoms with E-state index in [1.165, 1.54) is 0 Å². The lowest BCUT2D eigenvalue weighted by molar-refractivity contribution is -0.142. The van der Waals surface area contributed by atoms with Crippen LogP contribution in [0, 0.1) is 11.8 Å². The molecule has 2 aromatic carbocycles. The monoisotopic (exact) mass is 390 g/mol. The van der Waals surface area contributed by atoms with Crippen molar-refractivity contribution in [1.82, 2.24) is 4.90 Å². The van der Waals surface area contributed by atoms with Crippen molar-refractivity contribution >= 4 is 23.4 Å². The van der Waals surface area contributed by atoms with Crippen LogP contribution in [0.1, 0.15) is 18.4 Å². The van der Waals surface area contributed by atoms with Crippen LogP contribution in [-0.4, -0.2) is 29.2 Å². The molecule has 0 saturated carbocycles. The van der Waals surface area contributed by atoms with Gasteiger partial charge in [0, 0.05) is 5.69 Å². The Bertz CT molecular complexity index is 911. The molecule has 0 aromatic heterocycles. The van der Waals surface area contributed by atoms with Crippen molar-refractivity contribution in [3.63, 3.8) is 0 Å². The number of anilines is 1. The van der Waals surface area contributed by atoms with Crippen molar-refractivity contribution in [3.8, 4) is 5.75 Å². The molecule has 1 aliphatic heterocycles. The average molecular weight is 390 g/mol. The molecule has 2 aromatic rings. The number of carbonyl (C=O) groups excluding carboxylic acids is 3. The predicted molar refractivity (Wildman–Crippen MR) is 108 cm³/mol. The van der Waals surface area contributed by atoms with Crippen LogP contribution >= 0.6 is 0 Å². The van der Waals surface area contributed by atoms with E-state index in [4.69, 9.17) is 4.74 Å². The fourth-order valence-corrected chi connectivity index (χ4v) is 3.74. The summed E-state index contributed by atoms with van der Waals surface area (Å²) in [4.78, 5) is 38.3. The minimum absolute atomic E-state index is 0.246. The molecule has 6 heteroatoms. The van der Waals surface area contributed by atoms with Gasteiger partial charge in [-0.1, -0.05) is 42.5 Å². The van der Waals surface area contributed by atoms with E-state index < -0.39 is 5.91 Å². The summed E-state index contributed by atoms with van der Waals surface area (Å²) in [6.45, 7) is 0.208. The molecule has 1 fully saturated rings. The first kappa shape index (κ1) is 18.9. The number of hydrogen-bond acceptors (Lipinski definition) is 4. The fraction of sp³-hybridized carbons (Fsp3) is 0.261. The Hall–Kier alpha value is -3.41. The lowest BCUT2D eigenvalue weighted by Gasteiger charge is -2.14. The molecule has 148 valence electrons. The number of imide groups is 1. The number of nitrogens with zero attached hydrogens (tertiary/aromatic N) is 1. The topological polar surface area (TPSA) is 75.7 Å². The van der Waals surface area contributed by atoms with Crippen LogP contribution in [0.4, 0.5) is 5.69 Å². The summed E-state index contributed by atoms with van der Waals surface area (Å²) >= 11 is 0. The van der Waals surface area contributed by atoms with Gasteiger partial charge in [0.15, 0.2) is 0 Å². The van der Waals surface area contributed by atoms with E-state index in [1.807, 2.05) is 42.5 Å². The molecule has 2 atom stereocenters. The number of allylic oxidation sites excluding steroid dienone is 2. The molecule has 0 radical (unpaired) electrons. The highest BCUT2D eigenvalue weighted by molar-refractivity contribution is 6.08. The molecule has 6 nitrogen and oxygen atoms in total. The lowest BCUT2D eigenvalue weighted by atomic mass is 9.85. The van der Waals surface area contributed by atoms with E-state index in [0.717, 1.165) is 10.5 Å². The van der Waals surface area contributed by atoms with Crippen LogP contribution < -0.4 is 10.1 Å². The van der Waals surface area contributed by atoms with Crippen molar-refractivity contribution in [2.75, 3.05) is 11.9 Å². The summed E-state index contributed by atoms with van der Waals surface area (Å²) < 4.78 is 5.73. The van der Waals surface area contributed by atoms with Crippen LogP contribution in [0.2, 0.25) is 0 Å². The van der Waals surface area contributed by atoms with E-state index in [2.05, 4.69) is 5.32 Å².